The number of ether oxygens (including phenoxy) is 1. The molecule has 1 fully saturated rings. The van der Waals surface area contributed by atoms with Crippen LogP contribution in [0.2, 0.25) is 0 Å². The summed E-state index contributed by atoms with van der Waals surface area (Å²) in [6.45, 7) is 3.34. The van der Waals surface area contributed by atoms with Crippen molar-refractivity contribution in [3.05, 3.63) is 29.3 Å². The lowest BCUT2D eigenvalue weighted by Crippen LogP contribution is -2.35. The van der Waals surface area contributed by atoms with Gasteiger partial charge in [-0.2, -0.15) is 0 Å². The monoisotopic (exact) mass is 262 g/mol. The van der Waals surface area contributed by atoms with E-state index in [1.54, 1.807) is 12.0 Å². The van der Waals surface area contributed by atoms with Gasteiger partial charge in [0.1, 0.15) is 5.75 Å². The van der Waals surface area contributed by atoms with Gasteiger partial charge in [-0.1, -0.05) is 0 Å². The molecule has 0 unspecified atom stereocenters. The van der Waals surface area contributed by atoms with Crippen LogP contribution in [0, 0.1) is 12.3 Å². The molecule has 0 bridgehead atoms. The van der Waals surface area contributed by atoms with Gasteiger partial charge in [-0.25, -0.2) is 0 Å². The Kier molecular flexibility index (Phi) is 3.80. The van der Waals surface area contributed by atoms with E-state index in [-0.39, 0.29) is 11.3 Å². The third kappa shape index (κ3) is 2.89. The van der Waals surface area contributed by atoms with Crippen LogP contribution in [0.4, 0.5) is 0 Å². The number of methoxy groups -OCH3 is 1. The Bertz CT molecular complexity index is 481. The van der Waals surface area contributed by atoms with E-state index in [1.807, 2.05) is 32.2 Å². The fourth-order valence-electron chi connectivity index (χ4n) is 2.41. The van der Waals surface area contributed by atoms with Gasteiger partial charge < -0.3 is 15.4 Å². The van der Waals surface area contributed by atoms with Gasteiger partial charge in [-0.05, 0) is 50.1 Å². The number of nitrogens with zero attached hydrogens (tertiary/aromatic N) is 1. The molecule has 0 radical (unpaired) electrons. The SMILES string of the molecule is COc1ccc(C(=O)N(C)CC2(CN)CC2)cc1C. The van der Waals surface area contributed by atoms with Crippen LogP contribution in [0.3, 0.4) is 0 Å². The number of carbonyl (C=O) groups excluding carboxylic acids is 1. The fourth-order valence-corrected chi connectivity index (χ4v) is 2.41. The van der Waals surface area contributed by atoms with Crippen LogP contribution in [0.15, 0.2) is 18.2 Å². The van der Waals surface area contributed by atoms with Crippen molar-refractivity contribution in [3.63, 3.8) is 0 Å². The second kappa shape index (κ2) is 5.21. The highest BCUT2D eigenvalue weighted by molar-refractivity contribution is 5.94. The van der Waals surface area contributed by atoms with Gasteiger partial charge in [0.2, 0.25) is 0 Å². The van der Waals surface area contributed by atoms with Gasteiger partial charge in [0.05, 0.1) is 7.11 Å². The Morgan fingerprint density at radius 3 is 2.63 bits per heavy atom. The molecule has 1 aromatic carbocycles. The third-order valence-electron chi connectivity index (χ3n) is 3.95. The Balaban J connectivity index is 2.08. The molecular weight excluding hydrogens is 240 g/mol. The fraction of sp³-hybridized carbons (Fsp3) is 0.533. The van der Waals surface area contributed by atoms with Gasteiger partial charge in [0.25, 0.3) is 5.91 Å². The number of carbonyl (C=O) groups is 1. The number of rotatable bonds is 5. The minimum absolute atomic E-state index is 0.0467. The molecule has 1 amide bonds. The highest BCUT2D eigenvalue weighted by Crippen LogP contribution is 2.45. The second-order valence-electron chi connectivity index (χ2n) is 5.55. The van der Waals surface area contributed by atoms with E-state index < -0.39 is 0 Å². The van der Waals surface area contributed by atoms with Crippen molar-refractivity contribution < 1.29 is 9.53 Å². The molecule has 0 heterocycles. The molecule has 19 heavy (non-hydrogen) atoms. The van der Waals surface area contributed by atoms with Gasteiger partial charge in [0, 0.05) is 24.6 Å². The van der Waals surface area contributed by atoms with Crippen molar-refractivity contribution in [1.82, 2.24) is 4.90 Å². The first-order valence-electron chi connectivity index (χ1n) is 6.61. The van der Waals surface area contributed by atoms with Crippen molar-refractivity contribution in [2.75, 3.05) is 27.2 Å². The van der Waals surface area contributed by atoms with Crippen molar-refractivity contribution >= 4 is 5.91 Å². The molecule has 1 aliphatic carbocycles. The van der Waals surface area contributed by atoms with E-state index >= 15 is 0 Å². The predicted octanol–water partition coefficient (Wildman–Crippen LogP) is 1.81. The summed E-state index contributed by atoms with van der Waals surface area (Å²) in [6, 6.07) is 5.53. The minimum Gasteiger partial charge on any atom is -0.496 e. The highest BCUT2D eigenvalue weighted by atomic mass is 16.5. The number of benzene rings is 1. The minimum atomic E-state index is 0.0467. The number of nitrogens with two attached hydrogens (primary N) is 1. The third-order valence-corrected chi connectivity index (χ3v) is 3.95. The normalized spacial score (nSPS) is 16.0. The van der Waals surface area contributed by atoms with Crippen LogP contribution >= 0.6 is 0 Å². The van der Waals surface area contributed by atoms with Gasteiger partial charge in [-0.15, -0.1) is 0 Å². The summed E-state index contributed by atoms with van der Waals surface area (Å²) in [7, 11) is 3.48. The van der Waals surface area contributed by atoms with Gasteiger partial charge in [0.15, 0.2) is 0 Å². The van der Waals surface area contributed by atoms with Crippen molar-refractivity contribution in [2.45, 2.75) is 19.8 Å². The van der Waals surface area contributed by atoms with Crippen LogP contribution < -0.4 is 10.5 Å². The molecule has 4 nitrogen and oxygen atoms in total. The number of aryl methyl sites for hydroxylation is 1. The zero-order chi connectivity index (χ0) is 14.0. The molecule has 0 aromatic heterocycles. The maximum Gasteiger partial charge on any atom is 0.253 e. The second-order valence-corrected chi connectivity index (χ2v) is 5.55. The maximum atomic E-state index is 12.4. The molecule has 1 aliphatic rings. The quantitative estimate of drug-likeness (QED) is 0.880. The molecule has 1 aromatic rings. The predicted molar refractivity (Wildman–Crippen MR) is 75.4 cm³/mol. The van der Waals surface area contributed by atoms with Crippen LogP contribution in [0.25, 0.3) is 0 Å². The summed E-state index contributed by atoms with van der Waals surface area (Å²) in [5, 5.41) is 0. The molecule has 2 N–H and O–H groups in total. The topological polar surface area (TPSA) is 55.6 Å². The van der Waals surface area contributed by atoms with Crippen LogP contribution in [-0.4, -0.2) is 38.1 Å². The number of hydrogen-bond donors (Lipinski definition) is 1. The lowest BCUT2D eigenvalue weighted by Gasteiger charge is -2.23. The summed E-state index contributed by atoms with van der Waals surface area (Å²) >= 11 is 0. The Morgan fingerprint density at radius 2 is 2.16 bits per heavy atom. The van der Waals surface area contributed by atoms with E-state index in [0.29, 0.717) is 12.1 Å². The van der Waals surface area contributed by atoms with E-state index in [2.05, 4.69) is 0 Å². The number of hydrogen-bond acceptors (Lipinski definition) is 3. The molecule has 1 saturated carbocycles. The molecule has 0 saturated heterocycles. The summed E-state index contributed by atoms with van der Waals surface area (Å²) in [5.74, 6) is 0.852. The Labute approximate surface area is 114 Å². The van der Waals surface area contributed by atoms with Crippen molar-refractivity contribution in [1.29, 1.82) is 0 Å². The molecule has 0 atom stereocenters. The van der Waals surface area contributed by atoms with E-state index in [4.69, 9.17) is 10.5 Å². The molecule has 0 aliphatic heterocycles. The lowest BCUT2D eigenvalue weighted by atomic mass is 10.1. The lowest BCUT2D eigenvalue weighted by molar-refractivity contribution is 0.0766. The molecule has 4 heteroatoms. The van der Waals surface area contributed by atoms with Crippen LogP contribution in [-0.2, 0) is 0 Å². The first-order valence-corrected chi connectivity index (χ1v) is 6.61. The number of amides is 1. The summed E-state index contributed by atoms with van der Waals surface area (Å²) in [4.78, 5) is 14.1. The molecule has 0 spiro atoms. The Hall–Kier alpha value is -1.55. The highest BCUT2D eigenvalue weighted by Gasteiger charge is 2.42. The molecular formula is C15H22N2O2. The summed E-state index contributed by atoms with van der Waals surface area (Å²) < 4.78 is 5.21. The van der Waals surface area contributed by atoms with E-state index in [9.17, 15) is 4.79 Å². The van der Waals surface area contributed by atoms with E-state index in [1.165, 1.54) is 0 Å². The van der Waals surface area contributed by atoms with E-state index in [0.717, 1.165) is 30.7 Å². The van der Waals surface area contributed by atoms with Crippen LogP contribution in [0.1, 0.15) is 28.8 Å². The first-order chi connectivity index (χ1) is 9.01. The largest absolute Gasteiger partial charge is 0.496 e. The maximum absolute atomic E-state index is 12.4. The zero-order valence-electron chi connectivity index (χ0n) is 11.9. The molecule has 2 rings (SSSR count). The average Bonchev–Trinajstić information content (AvgIpc) is 3.18. The van der Waals surface area contributed by atoms with Crippen molar-refractivity contribution in [2.24, 2.45) is 11.1 Å². The van der Waals surface area contributed by atoms with Crippen LogP contribution in [0.5, 0.6) is 5.75 Å². The smallest absolute Gasteiger partial charge is 0.253 e. The standard InChI is InChI=1S/C15H22N2O2/c1-11-8-12(4-5-13(11)19-3)14(18)17(2)10-15(9-16)6-7-15/h4-5,8H,6-7,9-10,16H2,1-3H3. The Morgan fingerprint density at radius 1 is 1.47 bits per heavy atom. The average molecular weight is 262 g/mol. The van der Waals surface area contributed by atoms with Gasteiger partial charge in [-0.3, -0.25) is 4.79 Å². The first kappa shape index (κ1) is 13.9. The zero-order valence-corrected chi connectivity index (χ0v) is 11.9. The van der Waals surface area contributed by atoms with Gasteiger partial charge >= 0.3 is 0 Å². The summed E-state index contributed by atoms with van der Waals surface area (Å²) in [6.07, 6.45) is 2.26. The van der Waals surface area contributed by atoms with Crippen molar-refractivity contribution in [3.8, 4) is 5.75 Å². The molecule has 104 valence electrons. The summed E-state index contributed by atoms with van der Waals surface area (Å²) in [5.41, 5.74) is 7.61.